The number of nitrogens with zero attached hydrogens (tertiary/aromatic N) is 4. The van der Waals surface area contributed by atoms with Gasteiger partial charge in [0.05, 0.1) is 31.0 Å². The first-order valence-electron chi connectivity index (χ1n) is 8.50. The molecule has 8 nitrogen and oxygen atoms in total. The molecule has 1 fully saturated rings. The first-order valence-corrected chi connectivity index (χ1v) is 8.50. The molecular formula is C18H19N5O3. The highest BCUT2D eigenvalue weighted by Crippen LogP contribution is 2.20. The molecule has 0 radical (unpaired) electrons. The summed E-state index contributed by atoms with van der Waals surface area (Å²) in [6.07, 6.45) is 3.27. The van der Waals surface area contributed by atoms with E-state index < -0.39 is 0 Å². The number of imidazole rings is 1. The fourth-order valence-electron chi connectivity index (χ4n) is 3.12. The van der Waals surface area contributed by atoms with E-state index in [1.165, 1.54) is 7.11 Å². The van der Waals surface area contributed by atoms with Gasteiger partial charge in [0.2, 0.25) is 11.8 Å². The van der Waals surface area contributed by atoms with E-state index in [1.54, 1.807) is 18.5 Å². The van der Waals surface area contributed by atoms with Crippen LogP contribution >= 0.6 is 0 Å². The summed E-state index contributed by atoms with van der Waals surface area (Å²) in [7, 11) is 1.54. The van der Waals surface area contributed by atoms with E-state index in [2.05, 4.69) is 20.2 Å². The highest BCUT2D eigenvalue weighted by Gasteiger charge is 2.26. The monoisotopic (exact) mass is 353 g/mol. The Morgan fingerprint density at radius 2 is 2.08 bits per heavy atom. The molecule has 8 heteroatoms. The Bertz CT molecular complexity index is 909. The number of methoxy groups -OCH3 is 1. The van der Waals surface area contributed by atoms with Crippen molar-refractivity contribution in [1.82, 2.24) is 25.1 Å². The summed E-state index contributed by atoms with van der Waals surface area (Å²) >= 11 is 0. The van der Waals surface area contributed by atoms with Crippen molar-refractivity contribution in [3.63, 3.8) is 0 Å². The second kappa shape index (κ2) is 6.99. The standard InChI is InChI=1S/C18H19N5O3/c1-25-16-6-7-17(22-21-16)26-13-3-2-8-23(10-13)18(24)12-4-5-14-15(9-12)20-11-19-14/h4-7,9,11,13H,2-3,8,10H2,1H3,(H,19,20). The topological polar surface area (TPSA) is 93.2 Å². The maximum absolute atomic E-state index is 12.8. The summed E-state index contributed by atoms with van der Waals surface area (Å²) in [5.74, 6) is 0.867. The van der Waals surface area contributed by atoms with Crippen molar-refractivity contribution >= 4 is 16.9 Å². The van der Waals surface area contributed by atoms with Gasteiger partial charge in [-0.3, -0.25) is 4.79 Å². The molecule has 1 N–H and O–H groups in total. The fraction of sp³-hybridized carbons (Fsp3) is 0.333. The van der Waals surface area contributed by atoms with Crippen molar-refractivity contribution in [1.29, 1.82) is 0 Å². The Kier molecular flexibility index (Phi) is 4.39. The Labute approximate surface area is 150 Å². The number of hydrogen-bond acceptors (Lipinski definition) is 6. The second-order valence-corrected chi connectivity index (χ2v) is 6.18. The first-order chi connectivity index (χ1) is 12.7. The van der Waals surface area contributed by atoms with Crippen LogP contribution in [0.1, 0.15) is 23.2 Å². The normalized spacial score (nSPS) is 17.3. The number of ether oxygens (including phenoxy) is 2. The molecule has 0 aliphatic carbocycles. The maximum atomic E-state index is 12.8. The number of H-pyrrole nitrogens is 1. The molecule has 4 rings (SSSR count). The zero-order valence-electron chi connectivity index (χ0n) is 14.4. The van der Waals surface area contributed by atoms with Crippen LogP contribution in [0.4, 0.5) is 0 Å². The molecule has 1 atom stereocenters. The molecule has 1 unspecified atom stereocenters. The molecule has 2 aromatic heterocycles. The van der Waals surface area contributed by atoms with E-state index in [-0.39, 0.29) is 12.0 Å². The van der Waals surface area contributed by atoms with Crippen molar-refractivity contribution in [2.24, 2.45) is 0 Å². The van der Waals surface area contributed by atoms with Crippen molar-refractivity contribution in [2.45, 2.75) is 18.9 Å². The Morgan fingerprint density at radius 1 is 1.23 bits per heavy atom. The minimum atomic E-state index is -0.105. The molecule has 1 aromatic carbocycles. The molecule has 134 valence electrons. The molecule has 3 heterocycles. The SMILES string of the molecule is COc1ccc(OC2CCCN(C(=O)c3ccc4nc[nH]c4c3)C2)nn1. The number of likely N-dealkylation sites (tertiary alicyclic amines) is 1. The highest BCUT2D eigenvalue weighted by atomic mass is 16.5. The van der Waals surface area contributed by atoms with E-state index in [4.69, 9.17) is 9.47 Å². The average Bonchev–Trinajstić information content (AvgIpc) is 3.16. The molecule has 1 saturated heterocycles. The van der Waals surface area contributed by atoms with Crippen molar-refractivity contribution in [3.05, 3.63) is 42.2 Å². The van der Waals surface area contributed by atoms with Gasteiger partial charge >= 0.3 is 0 Å². The van der Waals surface area contributed by atoms with E-state index >= 15 is 0 Å². The van der Waals surface area contributed by atoms with Gasteiger partial charge in [-0.1, -0.05) is 0 Å². The van der Waals surface area contributed by atoms with Crippen LogP contribution in [0.25, 0.3) is 11.0 Å². The van der Waals surface area contributed by atoms with E-state index in [0.29, 0.717) is 30.4 Å². The number of carbonyl (C=O) groups is 1. The van der Waals surface area contributed by atoms with Gasteiger partial charge in [0, 0.05) is 24.2 Å². The lowest BCUT2D eigenvalue weighted by Crippen LogP contribution is -2.44. The van der Waals surface area contributed by atoms with Gasteiger partial charge in [-0.05, 0) is 31.0 Å². The van der Waals surface area contributed by atoms with Crippen LogP contribution in [-0.2, 0) is 0 Å². The average molecular weight is 353 g/mol. The van der Waals surface area contributed by atoms with Crippen LogP contribution < -0.4 is 9.47 Å². The molecule has 0 saturated carbocycles. The van der Waals surface area contributed by atoms with Gasteiger partial charge in [-0.15, -0.1) is 10.2 Å². The summed E-state index contributed by atoms with van der Waals surface area (Å²) in [5.41, 5.74) is 2.35. The van der Waals surface area contributed by atoms with Crippen LogP contribution in [0.15, 0.2) is 36.7 Å². The smallest absolute Gasteiger partial charge is 0.254 e. The molecule has 3 aromatic rings. The molecule has 0 spiro atoms. The van der Waals surface area contributed by atoms with Crippen molar-refractivity contribution in [3.8, 4) is 11.8 Å². The number of piperidine rings is 1. The van der Waals surface area contributed by atoms with E-state index in [9.17, 15) is 4.79 Å². The third kappa shape index (κ3) is 3.30. The summed E-state index contributed by atoms with van der Waals surface area (Å²) < 4.78 is 10.9. The Hall–Kier alpha value is -3.16. The number of aromatic nitrogens is 4. The largest absolute Gasteiger partial charge is 0.480 e. The predicted octanol–water partition coefficient (Wildman–Crippen LogP) is 2.05. The highest BCUT2D eigenvalue weighted by molar-refractivity contribution is 5.97. The number of rotatable bonds is 4. The van der Waals surface area contributed by atoms with Crippen LogP contribution in [0.5, 0.6) is 11.8 Å². The predicted molar refractivity (Wildman–Crippen MR) is 94.2 cm³/mol. The van der Waals surface area contributed by atoms with Crippen molar-refractivity contribution in [2.75, 3.05) is 20.2 Å². The van der Waals surface area contributed by atoms with Crippen LogP contribution in [0.3, 0.4) is 0 Å². The zero-order valence-corrected chi connectivity index (χ0v) is 14.4. The maximum Gasteiger partial charge on any atom is 0.254 e. The van der Waals surface area contributed by atoms with Crippen LogP contribution in [0, 0.1) is 0 Å². The zero-order chi connectivity index (χ0) is 17.9. The lowest BCUT2D eigenvalue weighted by Gasteiger charge is -2.32. The number of benzene rings is 1. The minimum absolute atomic E-state index is 0.00406. The summed E-state index contributed by atoms with van der Waals surface area (Å²) in [4.78, 5) is 21.9. The lowest BCUT2D eigenvalue weighted by atomic mass is 10.1. The molecular weight excluding hydrogens is 334 g/mol. The van der Waals surface area contributed by atoms with E-state index in [0.717, 1.165) is 23.9 Å². The Balaban J connectivity index is 1.44. The minimum Gasteiger partial charge on any atom is -0.480 e. The van der Waals surface area contributed by atoms with E-state index in [1.807, 2.05) is 23.1 Å². The number of hydrogen-bond donors (Lipinski definition) is 1. The molecule has 0 bridgehead atoms. The van der Waals surface area contributed by atoms with Gasteiger partial charge in [-0.2, -0.15) is 0 Å². The summed E-state index contributed by atoms with van der Waals surface area (Å²) in [5, 5.41) is 7.89. The van der Waals surface area contributed by atoms with Crippen LogP contribution in [0.2, 0.25) is 0 Å². The fourth-order valence-corrected chi connectivity index (χ4v) is 3.12. The molecule has 1 aliphatic rings. The van der Waals surface area contributed by atoms with Gasteiger partial charge in [-0.25, -0.2) is 4.98 Å². The van der Waals surface area contributed by atoms with Gasteiger partial charge in [0.1, 0.15) is 6.10 Å². The first kappa shape index (κ1) is 16.3. The lowest BCUT2D eigenvalue weighted by molar-refractivity contribution is 0.0525. The quantitative estimate of drug-likeness (QED) is 0.771. The summed E-state index contributed by atoms with van der Waals surface area (Å²) in [6.45, 7) is 1.24. The van der Waals surface area contributed by atoms with Crippen LogP contribution in [-0.4, -0.2) is 57.3 Å². The third-order valence-electron chi connectivity index (χ3n) is 4.44. The number of fused-ring (bicyclic) bond motifs is 1. The molecule has 1 aliphatic heterocycles. The Morgan fingerprint density at radius 3 is 2.88 bits per heavy atom. The van der Waals surface area contributed by atoms with Gasteiger partial charge < -0.3 is 19.4 Å². The number of amides is 1. The molecule has 1 amide bonds. The van der Waals surface area contributed by atoms with Gasteiger partial charge in [0.15, 0.2) is 0 Å². The number of carbonyl (C=O) groups excluding carboxylic acids is 1. The summed E-state index contributed by atoms with van der Waals surface area (Å²) in [6, 6.07) is 8.92. The number of nitrogens with one attached hydrogen (secondary N) is 1. The van der Waals surface area contributed by atoms with Crippen molar-refractivity contribution < 1.29 is 14.3 Å². The van der Waals surface area contributed by atoms with Gasteiger partial charge in [0.25, 0.3) is 5.91 Å². The second-order valence-electron chi connectivity index (χ2n) is 6.18. The number of aromatic amines is 1. The molecule has 26 heavy (non-hydrogen) atoms. The third-order valence-corrected chi connectivity index (χ3v) is 4.44.